The molecule has 0 aliphatic rings. The molecular formula is C18H16BrF3N2O3. The molecule has 0 aromatic heterocycles. The average Bonchev–Trinajstić information content (AvgIpc) is 2.61. The van der Waals surface area contributed by atoms with Gasteiger partial charge in [0.25, 0.3) is 0 Å². The number of nitrogens with one attached hydrogen (secondary N) is 1. The van der Waals surface area contributed by atoms with Gasteiger partial charge in [0, 0.05) is 11.6 Å². The number of alkyl halides is 3. The SMILES string of the molecule is COc1cc(OC)c(/C=N/NC(=O)Cc2cccc(C(F)(F)F)c2)cc1Br. The smallest absolute Gasteiger partial charge is 0.416 e. The first-order chi connectivity index (χ1) is 12.7. The van der Waals surface area contributed by atoms with Crippen LogP contribution in [0, 0.1) is 0 Å². The number of hydrazone groups is 1. The molecule has 0 aliphatic carbocycles. The Hall–Kier alpha value is -2.55. The summed E-state index contributed by atoms with van der Waals surface area (Å²) in [7, 11) is 2.99. The van der Waals surface area contributed by atoms with Gasteiger partial charge in [0.15, 0.2) is 0 Å². The fourth-order valence-corrected chi connectivity index (χ4v) is 2.76. The van der Waals surface area contributed by atoms with Crippen molar-refractivity contribution in [2.24, 2.45) is 5.10 Å². The standard InChI is InChI=1S/C18H16BrF3N2O3/c1-26-15-9-16(27-2)14(19)8-12(15)10-23-24-17(25)7-11-4-3-5-13(6-11)18(20,21)22/h3-6,8-10H,7H2,1-2H3,(H,24,25)/b23-10+. The Balaban J connectivity index is 2.05. The molecule has 9 heteroatoms. The molecule has 0 unspecified atom stereocenters. The number of hydrogen-bond acceptors (Lipinski definition) is 4. The highest BCUT2D eigenvalue weighted by atomic mass is 79.9. The van der Waals surface area contributed by atoms with Gasteiger partial charge in [-0.3, -0.25) is 4.79 Å². The van der Waals surface area contributed by atoms with Crippen molar-refractivity contribution in [1.29, 1.82) is 0 Å². The molecule has 2 aromatic rings. The van der Waals surface area contributed by atoms with Crippen LogP contribution < -0.4 is 14.9 Å². The summed E-state index contributed by atoms with van der Waals surface area (Å²) in [6.45, 7) is 0. The number of rotatable bonds is 6. The van der Waals surface area contributed by atoms with E-state index < -0.39 is 17.6 Å². The van der Waals surface area contributed by atoms with Gasteiger partial charge in [-0.1, -0.05) is 18.2 Å². The molecule has 0 atom stereocenters. The van der Waals surface area contributed by atoms with Crippen LogP contribution in [0.15, 0.2) is 46.0 Å². The lowest BCUT2D eigenvalue weighted by molar-refractivity contribution is -0.137. The molecule has 0 aliphatic heterocycles. The molecule has 0 saturated carbocycles. The van der Waals surface area contributed by atoms with E-state index in [-0.39, 0.29) is 12.0 Å². The molecule has 144 valence electrons. The Morgan fingerprint density at radius 1 is 1.19 bits per heavy atom. The second-order valence-corrected chi connectivity index (χ2v) is 6.25. The number of amides is 1. The fourth-order valence-electron chi connectivity index (χ4n) is 2.24. The summed E-state index contributed by atoms with van der Waals surface area (Å²) in [5.41, 5.74) is 2.29. The lowest BCUT2D eigenvalue weighted by Crippen LogP contribution is -2.20. The third-order valence-electron chi connectivity index (χ3n) is 3.52. The van der Waals surface area contributed by atoms with Crippen molar-refractivity contribution in [3.8, 4) is 11.5 Å². The highest BCUT2D eigenvalue weighted by Gasteiger charge is 2.30. The van der Waals surface area contributed by atoms with E-state index in [9.17, 15) is 18.0 Å². The number of methoxy groups -OCH3 is 2. The number of ether oxygens (including phenoxy) is 2. The molecule has 1 amide bonds. The lowest BCUT2D eigenvalue weighted by atomic mass is 10.1. The van der Waals surface area contributed by atoms with E-state index in [4.69, 9.17) is 9.47 Å². The molecule has 0 fully saturated rings. The molecule has 0 radical (unpaired) electrons. The van der Waals surface area contributed by atoms with Gasteiger partial charge in [0.2, 0.25) is 5.91 Å². The molecule has 1 N–H and O–H groups in total. The molecule has 0 heterocycles. The molecule has 2 aromatic carbocycles. The second kappa shape index (κ2) is 8.90. The number of halogens is 4. The van der Waals surface area contributed by atoms with Crippen LogP contribution in [0.25, 0.3) is 0 Å². The normalized spacial score (nSPS) is 11.5. The Morgan fingerprint density at radius 2 is 1.89 bits per heavy atom. The van der Waals surface area contributed by atoms with Crippen molar-refractivity contribution in [3.05, 3.63) is 57.6 Å². The first kappa shape index (κ1) is 20.8. The van der Waals surface area contributed by atoms with Gasteiger partial charge in [-0.25, -0.2) is 5.43 Å². The van der Waals surface area contributed by atoms with E-state index in [2.05, 4.69) is 26.5 Å². The van der Waals surface area contributed by atoms with Gasteiger partial charge in [-0.2, -0.15) is 18.3 Å². The Morgan fingerprint density at radius 3 is 2.52 bits per heavy atom. The third kappa shape index (κ3) is 5.72. The maximum atomic E-state index is 12.7. The monoisotopic (exact) mass is 444 g/mol. The molecule has 0 saturated heterocycles. The van der Waals surface area contributed by atoms with Crippen LogP contribution in [-0.2, 0) is 17.4 Å². The maximum Gasteiger partial charge on any atom is 0.416 e. The van der Waals surface area contributed by atoms with Gasteiger partial charge >= 0.3 is 6.18 Å². The van der Waals surface area contributed by atoms with Crippen molar-refractivity contribution < 1.29 is 27.4 Å². The van der Waals surface area contributed by atoms with E-state index in [0.29, 0.717) is 21.5 Å². The predicted octanol–water partition coefficient (Wildman–Crippen LogP) is 4.18. The summed E-state index contributed by atoms with van der Waals surface area (Å²) in [4.78, 5) is 11.9. The van der Waals surface area contributed by atoms with Crippen molar-refractivity contribution in [3.63, 3.8) is 0 Å². The summed E-state index contributed by atoms with van der Waals surface area (Å²) in [6.07, 6.45) is -3.32. The molecule has 2 rings (SSSR count). The minimum absolute atomic E-state index is 0.231. The van der Waals surface area contributed by atoms with Gasteiger partial charge in [-0.15, -0.1) is 0 Å². The number of hydrogen-bond donors (Lipinski definition) is 1. The van der Waals surface area contributed by atoms with Crippen molar-refractivity contribution >= 4 is 28.1 Å². The van der Waals surface area contributed by atoms with Gasteiger partial charge < -0.3 is 9.47 Å². The summed E-state index contributed by atoms with van der Waals surface area (Å²) >= 11 is 3.34. The first-order valence-corrected chi connectivity index (χ1v) is 8.43. The van der Waals surface area contributed by atoms with Crippen LogP contribution in [0.4, 0.5) is 13.2 Å². The Labute approximate surface area is 162 Å². The van der Waals surface area contributed by atoms with Crippen LogP contribution >= 0.6 is 15.9 Å². The number of nitrogens with zero attached hydrogens (tertiary/aromatic N) is 1. The maximum absolute atomic E-state index is 12.7. The van der Waals surface area contributed by atoms with Gasteiger partial charge in [0.05, 0.1) is 36.9 Å². The minimum Gasteiger partial charge on any atom is -0.496 e. The second-order valence-electron chi connectivity index (χ2n) is 5.40. The van der Waals surface area contributed by atoms with Crippen molar-refractivity contribution in [1.82, 2.24) is 5.43 Å². The highest BCUT2D eigenvalue weighted by Crippen LogP contribution is 2.32. The highest BCUT2D eigenvalue weighted by molar-refractivity contribution is 9.10. The Kier molecular flexibility index (Phi) is 6.84. The van der Waals surface area contributed by atoms with Crippen molar-refractivity contribution in [2.45, 2.75) is 12.6 Å². The zero-order chi connectivity index (χ0) is 20.0. The molecule has 0 bridgehead atoms. The van der Waals surface area contributed by atoms with Crippen molar-refractivity contribution in [2.75, 3.05) is 14.2 Å². The predicted molar refractivity (Wildman–Crippen MR) is 98.1 cm³/mol. The molecular weight excluding hydrogens is 429 g/mol. The van der Waals surface area contributed by atoms with Crippen LogP contribution in [-0.4, -0.2) is 26.3 Å². The van der Waals surface area contributed by atoms with Crippen LogP contribution in [0.1, 0.15) is 16.7 Å². The minimum atomic E-state index is -4.46. The quantitative estimate of drug-likeness (QED) is 0.536. The van der Waals surface area contributed by atoms with E-state index >= 15 is 0 Å². The summed E-state index contributed by atoms with van der Waals surface area (Å²) in [5, 5.41) is 3.83. The van der Waals surface area contributed by atoms with Gasteiger partial charge in [-0.05, 0) is 33.6 Å². The zero-order valence-corrected chi connectivity index (χ0v) is 16.0. The summed E-state index contributed by atoms with van der Waals surface area (Å²) in [6, 6.07) is 7.94. The number of carbonyl (C=O) groups is 1. The molecule has 27 heavy (non-hydrogen) atoms. The first-order valence-electron chi connectivity index (χ1n) is 7.64. The van der Waals surface area contributed by atoms with Crippen LogP contribution in [0.5, 0.6) is 11.5 Å². The van der Waals surface area contributed by atoms with E-state index in [1.165, 1.54) is 32.6 Å². The largest absolute Gasteiger partial charge is 0.496 e. The third-order valence-corrected chi connectivity index (χ3v) is 4.14. The summed E-state index contributed by atoms with van der Waals surface area (Å²) < 4.78 is 49.2. The lowest BCUT2D eigenvalue weighted by Gasteiger charge is -2.09. The number of carbonyl (C=O) groups excluding carboxylic acids is 1. The van der Waals surface area contributed by atoms with E-state index in [0.717, 1.165) is 12.1 Å². The van der Waals surface area contributed by atoms with Crippen LogP contribution in [0.3, 0.4) is 0 Å². The Bertz CT molecular complexity index is 854. The average molecular weight is 445 g/mol. The fraction of sp³-hybridized carbons (Fsp3) is 0.222. The topological polar surface area (TPSA) is 59.9 Å². The van der Waals surface area contributed by atoms with E-state index in [1.54, 1.807) is 12.1 Å². The molecule has 5 nitrogen and oxygen atoms in total. The van der Waals surface area contributed by atoms with Crippen LogP contribution in [0.2, 0.25) is 0 Å². The molecule has 0 spiro atoms. The zero-order valence-electron chi connectivity index (χ0n) is 14.4. The number of benzene rings is 2. The van der Waals surface area contributed by atoms with Gasteiger partial charge in [0.1, 0.15) is 11.5 Å². The summed E-state index contributed by atoms with van der Waals surface area (Å²) in [5.74, 6) is 0.501. The van der Waals surface area contributed by atoms with E-state index in [1.807, 2.05) is 0 Å².